The van der Waals surface area contributed by atoms with Crippen LogP contribution in [0.2, 0.25) is 10.0 Å². The number of nitrogens with one attached hydrogen (secondary N) is 1. The number of halogens is 2. The Morgan fingerprint density at radius 1 is 0.923 bits per heavy atom. The minimum absolute atomic E-state index is 0.240. The van der Waals surface area contributed by atoms with E-state index in [1.165, 1.54) is 16.0 Å². The summed E-state index contributed by atoms with van der Waals surface area (Å²) in [4.78, 5) is 13.6. The molecule has 0 aromatic heterocycles. The van der Waals surface area contributed by atoms with Crippen molar-refractivity contribution in [2.45, 2.75) is 17.6 Å². The van der Waals surface area contributed by atoms with Crippen LogP contribution in [0, 0.1) is 6.92 Å². The Balaban J connectivity index is 1.60. The van der Waals surface area contributed by atoms with Crippen molar-refractivity contribution in [2.75, 3.05) is 5.32 Å². The largest absolute Gasteiger partial charge is 0.322 e. The van der Waals surface area contributed by atoms with Crippen LogP contribution in [-0.2, 0) is 5.75 Å². The van der Waals surface area contributed by atoms with Gasteiger partial charge in [0.2, 0.25) is 0 Å². The highest BCUT2D eigenvalue weighted by molar-refractivity contribution is 7.98. The molecule has 0 unspecified atom stereocenters. The Morgan fingerprint density at radius 2 is 1.54 bits per heavy atom. The van der Waals surface area contributed by atoms with Crippen molar-refractivity contribution in [2.24, 2.45) is 0 Å². The third kappa shape index (κ3) is 5.28. The van der Waals surface area contributed by atoms with Crippen LogP contribution in [0.25, 0.3) is 0 Å². The van der Waals surface area contributed by atoms with Crippen LogP contribution in [0.15, 0.2) is 71.6 Å². The summed E-state index contributed by atoms with van der Waals surface area (Å²) in [5.41, 5.74) is 3.62. The Kier molecular flexibility index (Phi) is 6.25. The third-order valence-electron chi connectivity index (χ3n) is 3.76. The Bertz CT molecular complexity index is 888. The Hall–Kier alpha value is -1.94. The fraction of sp³-hybridized carbons (Fsp3) is 0.0952. The number of benzene rings is 3. The maximum absolute atomic E-state index is 12.3. The van der Waals surface area contributed by atoms with E-state index in [0.29, 0.717) is 15.6 Å². The highest BCUT2D eigenvalue weighted by Gasteiger charge is 2.08. The number of hydrogen-bond donors (Lipinski definition) is 1. The Morgan fingerprint density at radius 3 is 2.15 bits per heavy atom. The molecule has 2 nitrogen and oxygen atoms in total. The SMILES string of the molecule is Cc1ccc(SCc2ccc(NC(=O)c3cc(Cl)cc(Cl)c3)cc2)cc1. The molecule has 0 fully saturated rings. The molecular formula is C21H17Cl2NOS. The number of rotatable bonds is 5. The number of thioether (sulfide) groups is 1. The topological polar surface area (TPSA) is 29.1 Å². The zero-order chi connectivity index (χ0) is 18.5. The van der Waals surface area contributed by atoms with E-state index in [-0.39, 0.29) is 5.91 Å². The molecule has 3 aromatic carbocycles. The summed E-state index contributed by atoms with van der Waals surface area (Å²) in [5.74, 6) is 0.637. The summed E-state index contributed by atoms with van der Waals surface area (Å²) in [6.45, 7) is 2.08. The molecule has 0 radical (unpaired) electrons. The minimum Gasteiger partial charge on any atom is -0.322 e. The van der Waals surface area contributed by atoms with E-state index in [1.54, 1.807) is 30.0 Å². The molecule has 0 saturated heterocycles. The molecule has 0 atom stereocenters. The molecule has 0 spiro atoms. The first-order valence-corrected chi connectivity index (χ1v) is 9.79. The lowest BCUT2D eigenvalue weighted by atomic mass is 10.2. The number of carbonyl (C=O) groups excluding carboxylic acids is 1. The number of aryl methyl sites for hydroxylation is 1. The standard InChI is InChI=1S/C21H17Cl2NOS/c1-14-2-8-20(9-3-14)26-13-15-4-6-19(7-5-15)24-21(25)16-10-17(22)12-18(23)11-16/h2-12H,13H2,1H3,(H,24,25). The van der Waals surface area contributed by atoms with Crippen LogP contribution >= 0.6 is 35.0 Å². The second kappa shape index (κ2) is 8.63. The van der Waals surface area contributed by atoms with Crippen molar-refractivity contribution in [1.29, 1.82) is 0 Å². The molecule has 1 N–H and O–H groups in total. The molecule has 5 heteroatoms. The maximum Gasteiger partial charge on any atom is 0.255 e. The summed E-state index contributed by atoms with van der Waals surface area (Å²) in [5, 5.41) is 3.73. The number of carbonyl (C=O) groups is 1. The predicted molar refractivity (Wildman–Crippen MR) is 112 cm³/mol. The minimum atomic E-state index is -0.240. The van der Waals surface area contributed by atoms with Crippen LogP contribution in [0.4, 0.5) is 5.69 Å². The second-order valence-electron chi connectivity index (χ2n) is 5.91. The van der Waals surface area contributed by atoms with Crippen LogP contribution in [0.5, 0.6) is 0 Å². The lowest BCUT2D eigenvalue weighted by Gasteiger charge is -2.08. The Labute approximate surface area is 167 Å². The molecule has 0 saturated carbocycles. The van der Waals surface area contributed by atoms with Gasteiger partial charge in [-0.3, -0.25) is 4.79 Å². The molecule has 132 valence electrons. The lowest BCUT2D eigenvalue weighted by molar-refractivity contribution is 0.102. The molecule has 1 amide bonds. The van der Waals surface area contributed by atoms with E-state index >= 15 is 0 Å². The van der Waals surface area contributed by atoms with Gasteiger partial charge in [-0.15, -0.1) is 11.8 Å². The van der Waals surface area contributed by atoms with E-state index in [4.69, 9.17) is 23.2 Å². The van der Waals surface area contributed by atoms with Gasteiger partial charge < -0.3 is 5.32 Å². The van der Waals surface area contributed by atoms with E-state index in [0.717, 1.165) is 11.4 Å². The second-order valence-corrected chi connectivity index (χ2v) is 7.83. The van der Waals surface area contributed by atoms with Gasteiger partial charge in [0, 0.05) is 31.9 Å². The number of amides is 1. The van der Waals surface area contributed by atoms with Gasteiger partial charge in [0.05, 0.1) is 0 Å². The first-order chi connectivity index (χ1) is 12.5. The molecule has 0 aliphatic carbocycles. The van der Waals surface area contributed by atoms with Gasteiger partial charge in [0.1, 0.15) is 0 Å². The molecule has 0 aliphatic rings. The van der Waals surface area contributed by atoms with Crippen LogP contribution in [0.1, 0.15) is 21.5 Å². The lowest BCUT2D eigenvalue weighted by Crippen LogP contribution is -2.11. The van der Waals surface area contributed by atoms with Gasteiger partial charge >= 0.3 is 0 Å². The molecule has 0 bridgehead atoms. The van der Waals surface area contributed by atoms with E-state index in [2.05, 4.69) is 36.5 Å². The summed E-state index contributed by atoms with van der Waals surface area (Å²) in [6.07, 6.45) is 0. The van der Waals surface area contributed by atoms with Crippen molar-refractivity contribution >= 4 is 46.6 Å². The molecule has 0 aliphatic heterocycles. The van der Waals surface area contributed by atoms with E-state index in [9.17, 15) is 4.79 Å². The van der Waals surface area contributed by atoms with Gasteiger partial charge in [-0.05, 0) is 55.0 Å². The molecule has 26 heavy (non-hydrogen) atoms. The quantitative estimate of drug-likeness (QED) is 0.473. The third-order valence-corrected chi connectivity index (χ3v) is 5.28. The van der Waals surface area contributed by atoms with Gasteiger partial charge in [0.15, 0.2) is 0 Å². The van der Waals surface area contributed by atoms with Crippen LogP contribution in [-0.4, -0.2) is 5.91 Å². The van der Waals surface area contributed by atoms with Crippen molar-refractivity contribution in [3.05, 3.63) is 93.5 Å². The van der Waals surface area contributed by atoms with Crippen molar-refractivity contribution in [1.82, 2.24) is 0 Å². The maximum atomic E-state index is 12.3. The average molecular weight is 402 g/mol. The smallest absolute Gasteiger partial charge is 0.255 e. The summed E-state index contributed by atoms with van der Waals surface area (Å²) in [7, 11) is 0. The highest BCUT2D eigenvalue weighted by atomic mass is 35.5. The molecule has 3 aromatic rings. The molecule has 0 heterocycles. The van der Waals surface area contributed by atoms with Crippen molar-refractivity contribution in [3.8, 4) is 0 Å². The van der Waals surface area contributed by atoms with Gasteiger partial charge in [0.25, 0.3) is 5.91 Å². The van der Waals surface area contributed by atoms with Gasteiger partial charge in [-0.25, -0.2) is 0 Å². The van der Waals surface area contributed by atoms with Crippen LogP contribution in [0.3, 0.4) is 0 Å². The predicted octanol–water partition coefficient (Wildman–Crippen LogP) is 6.85. The normalized spacial score (nSPS) is 10.6. The summed E-state index contributed by atoms with van der Waals surface area (Å²) >= 11 is 13.7. The highest BCUT2D eigenvalue weighted by Crippen LogP contribution is 2.24. The van der Waals surface area contributed by atoms with Crippen molar-refractivity contribution < 1.29 is 4.79 Å². The zero-order valence-corrected chi connectivity index (χ0v) is 16.5. The van der Waals surface area contributed by atoms with Gasteiger partial charge in [-0.1, -0.05) is 53.0 Å². The number of anilines is 1. The van der Waals surface area contributed by atoms with E-state index < -0.39 is 0 Å². The molecular weight excluding hydrogens is 385 g/mol. The zero-order valence-electron chi connectivity index (χ0n) is 14.1. The number of hydrogen-bond acceptors (Lipinski definition) is 2. The van der Waals surface area contributed by atoms with Crippen molar-refractivity contribution in [3.63, 3.8) is 0 Å². The van der Waals surface area contributed by atoms with Crippen LogP contribution < -0.4 is 5.32 Å². The van der Waals surface area contributed by atoms with E-state index in [1.807, 2.05) is 24.3 Å². The summed E-state index contributed by atoms with van der Waals surface area (Å²) < 4.78 is 0. The fourth-order valence-corrected chi connectivity index (χ4v) is 3.75. The monoisotopic (exact) mass is 401 g/mol. The molecule has 3 rings (SSSR count). The van der Waals surface area contributed by atoms with Gasteiger partial charge in [-0.2, -0.15) is 0 Å². The fourth-order valence-electron chi connectivity index (χ4n) is 2.37. The first-order valence-electron chi connectivity index (χ1n) is 8.05. The first kappa shape index (κ1) is 18.8. The average Bonchev–Trinajstić information content (AvgIpc) is 2.61. The summed E-state index contributed by atoms with van der Waals surface area (Å²) in [6, 6.07) is 21.1.